The van der Waals surface area contributed by atoms with Gasteiger partial charge in [0.25, 0.3) is 0 Å². The van der Waals surface area contributed by atoms with Crippen LogP contribution in [0.25, 0.3) is 0 Å². The molecule has 2 nitrogen and oxygen atoms in total. The number of benzene rings is 1. The molecular weight excluding hydrogens is 280 g/mol. The summed E-state index contributed by atoms with van der Waals surface area (Å²) in [6, 6.07) is 3.42. The minimum Gasteiger partial charge on any atom is -0.316 e. The molecule has 0 heterocycles. The summed E-state index contributed by atoms with van der Waals surface area (Å²) in [4.78, 5) is 0.119. The lowest BCUT2D eigenvalue weighted by Gasteiger charge is -2.35. The van der Waals surface area contributed by atoms with Gasteiger partial charge >= 0.3 is 0 Å². The Morgan fingerprint density at radius 2 is 2.10 bits per heavy atom. The highest BCUT2D eigenvalue weighted by Gasteiger charge is 2.34. The molecule has 0 bridgehead atoms. The molecule has 112 valence electrons. The van der Waals surface area contributed by atoms with E-state index in [0.717, 1.165) is 31.7 Å². The van der Waals surface area contributed by atoms with Gasteiger partial charge in [-0.15, -0.1) is 0 Å². The Labute approximate surface area is 121 Å². The molecule has 0 spiro atoms. The van der Waals surface area contributed by atoms with E-state index < -0.39 is 22.4 Å². The van der Waals surface area contributed by atoms with Crippen molar-refractivity contribution in [1.29, 1.82) is 0 Å². The highest BCUT2D eigenvalue weighted by molar-refractivity contribution is 7.85. The SMILES string of the molecule is CCC1CCC(NC)C(S(=O)c2ccc(F)cc2F)C1. The summed E-state index contributed by atoms with van der Waals surface area (Å²) in [5.74, 6) is -0.808. The van der Waals surface area contributed by atoms with Crippen LogP contribution in [0.4, 0.5) is 8.78 Å². The second-order valence-corrected chi connectivity index (χ2v) is 7.03. The summed E-state index contributed by atoms with van der Waals surface area (Å²) in [5, 5.41) is 3.08. The van der Waals surface area contributed by atoms with Crippen molar-refractivity contribution < 1.29 is 13.0 Å². The van der Waals surface area contributed by atoms with E-state index >= 15 is 0 Å². The third kappa shape index (κ3) is 3.26. The van der Waals surface area contributed by atoms with Crippen LogP contribution in [-0.4, -0.2) is 22.5 Å². The molecule has 1 saturated carbocycles. The van der Waals surface area contributed by atoms with Gasteiger partial charge in [0.2, 0.25) is 0 Å². The van der Waals surface area contributed by atoms with Crippen LogP contribution in [0.2, 0.25) is 0 Å². The van der Waals surface area contributed by atoms with Crippen molar-refractivity contribution in [3.8, 4) is 0 Å². The molecule has 1 aromatic rings. The lowest BCUT2D eigenvalue weighted by Crippen LogP contribution is -2.44. The maximum Gasteiger partial charge on any atom is 0.142 e. The zero-order valence-corrected chi connectivity index (χ0v) is 12.7. The molecule has 4 atom stereocenters. The number of rotatable bonds is 4. The van der Waals surface area contributed by atoms with Gasteiger partial charge in [0, 0.05) is 12.1 Å². The van der Waals surface area contributed by atoms with Gasteiger partial charge in [-0.3, -0.25) is 4.21 Å². The van der Waals surface area contributed by atoms with Crippen LogP contribution in [-0.2, 0) is 10.8 Å². The first-order valence-corrected chi connectivity index (χ1v) is 8.31. The molecule has 1 aromatic carbocycles. The van der Waals surface area contributed by atoms with E-state index in [1.54, 1.807) is 0 Å². The minimum absolute atomic E-state index is 0.112. The van der Waals surface area contributed by atoms with Crippen LogP contribution in [0.5, 0.6) is 0 Å². The summed E-state index contributed by atoms with van der Waals surface area (Å²) in [6.07, 6.45) is 3.94. The Hall–Kier alpha value is -0.810. The lowest BCUT2D eigenvalue weighted by atomic mass is 9.84. The lowest BCUT2D eigenvalue weighted by molar-refractivity contribution is 0.300. The van der Waals surface area contributed by atoms with Crippen LogP contribution in [0.1, 0.15) is 32.6 Å². The van der Waals surface area contributed by atoms with Gasteiger partial charge in [0.1, 0.15) is 11.6 Å². The number of hydrogen-bond acceptors (Lipinski definition) is 2. The smallest absolute Gasteiger partial charge is 0.142 e. The average molecular weight is 301 g/mol. The van der Waals surface area contributed by atoms with Crippen LogP contribution < -0.4 is 5.32 Å². The third-order valence-corrected chi connectivity index (χ3v) is 6.07. The molecule has 1 aliphatic rings. The molecule has 4 unspecified atom stereocenters. The first kappa shape index (κ1) is 15.6. The Balaban J connectivity index is 2.24. The maximum atomic E-state index is 13.8. The molecule has 1 aliphatic carbocycles. The van der Waals surface area contributed by atoms with Gasteiger partial charge in [-0.05, 0) is 44.4 Å². The predicted octanol–water partition coefficient (Wildman–Crippen LogP) is 3.24. The highest BCUT2D eigenvalue weighted by atomic mass is 32.2. The monoisotopic (exact) mass is 301 g/mol. The van der Waals surface area contributed by atoms with Gasteiger partial charge in [-0.2, -0.15) is 0 Å². The topological polar surface area (TPSA) is 29.1 Å². The van der Waals surface area contributed by atoms with E-state index in [-0.39, 0.29) is 16.2 Å². The van der Waals surface area contributed by atoms with Crippen molar-refractivity contribution in [2.45, 2.75) is 48.8 Å². The summed E-state index contributed by atoms with van der Waals surface area (Å²) >= 11 is 0. The van der Waals surface area contributed by atoms with E-state index in [1.807, 2.05) is 7.05 Å². The van der Waals surface area contributed by atoms with E-state index in [2.05, 4.69) is 12.2 Å². The highest BCUT2D eigenvalue weighted by Crippen LogP contribution is 2.32. The van der Waals surface area contributed by atoms with E-state index in [4.69, 9.17) is 0 Å². The Morgan fingerprint density at radius 1 is 1.35 bits per heavy atom. The van der Waals surface area contributed by atoms with Crippen molar-refractivity contribution in [3.05, 3.63) is 29.8 Å². The van der Waals surface area contributed by atoms with Crippen LogP contribution in [0.15, 0.2) is 23.1 Å². The zero-order chi connectivity index (χ0) is 14.7. The average Bonchev–Trinajstić information content (AvgIpc) is 2.46. The minimum atomic E-state index is -1.45. The van der Waals surface area contributed by atoms with E-state index in [1.165, 1.54) is 12.1 Å². The number of halogens is 2. The number of nitrogens with one attached hydrogen (secondary N) is 1. The van der Waals surface area contributed by atoms with E-state index in [9.17, 15) is 13.0 Å². The number of hydrogen-bond donors (Lipinski definition) is 1. The Bertz CT molecular complexity index is 495. The zero-order valence-electron chi connectivity index (χ0n) is 11.9. The molecule has 0 aromatic heterocycles. The van der Waals surface area contributed by atoms with Gasteiger partial charge in [-0.25, -0.2) is 8.78 Å². The van der Waals surface area contributed by atoms with Crippen LogP contribution in [0.3, 0.4) is 0 Å². The summed E-state index contributed by atoms with van der Waals surface area (Å²) in [6.45, 7) is 2.13. The van der Waals surface area contributed by atoms with E-state index in [0.29, 0.717) is 5.92 Å². The van der Waals surface area contributed by atoms with Gasteiger partial charge < -0.3 is 5.32 Å². The molecule has 0 amide bonds. The molecule has 20 heavy (non-hydrogen) atoms. The summed E-state index contributed by atoms with van der Waals surface area (Å²) in [5.41, 5.74) is 0. The summed E-state index contributed by atoms with van der Waals surface area (Å²) in [7, 11) is 0.403. The Morgan fingerprint density at radius 3 is 2.70 bits per heavy atom. The van der Waals surface area contributed by atoms with Crippen molar-refractivity contribution in [1.82, 2.24) is 5.32 Å². The Kier molecular flexibility index (Phi) is 5.27. The third-order valence-electron chi connectivity index (χ3n) is 4.23. The van der Waals surface area contributed by atoms with Gasteiger partial charge in [0.15, 0.2) is 0 Å². The predicted molar refractivity (Wildman–Crippen MR) is 77.0 cm³/mol. The van der Waals surface area contributed by atoms with Gasteiger partial charge in [-0.1, -0.05) is 13.3 Å². The standard InChI is InChI=1S/C15H21F2NOS/c1-3-10-4-6-13(18-2)15(8-10)20(19)14-7-5-11(16)9-12(14)17/h5,7,9-10,13,15,18H,3-4,6,8H2,1-2H3. The first-order valence-electron chi connectivity index (χ1n) is 7.09. The van der Waals surface area contributed by atoms with Gasteiger partial charge in [0.05, 0.1) is 20.9 Å². The quantitative estimate of drug-likeness (QED) is 0.925. The van der Waals surface area contributed by atoms with Crippen molar-refractivity contribution in [2.75, 3.05) is 7.05 Å². The molecule has 0 radical (unpaired) electrons. The molecular formula is C15H21F2NOS. The molecule has 0 saturated heterocycles. The molecule has 1 N–H and O–H groups in total. The second kappa shape index (κ2) is 6.76. The molecule has 2 rings (SSSR count). The second-order valence-electron chi connectivity index (χ2n) is 5.39. The van der Waals surface area contributed by atoms with Crippen molar-refractivity contribution in [2.24, 2.45) is 5.92 Å². The largest absolute Gasteiger partial charge is 0.316 e. The maximum absolute atomic E-state index is 13.8. The fraction of sp³-hybridized carbons (Fsp3) is 0.600. The fourth-order valence-electron chi connectivity index (χ4n) is 2.95. The molecule has 0 aliphatic heterocycles. The van der Waals surface area contributed by atoms with Crippen molar-refractivity contribution >= 4 is 10.8 Å². The van der Waals surface area contributed by atoms with Crippen LogP contribution >= 0.6 is 0 Å². The fourth-order valence-corrected chi connectivity index (χ4v) is 4.75. The molecule has 5 heteroatoms. The molecule has 1 fully saturated rings. The summed E-state index contributed by atoms with van der Waals surface area (Å²) < 4.78 is 39.4. The van der Waals surface area contributed by atoms with Crippen molar-refractivity contribution in [3.63, 3.8) is 0 Å². The first-order chi connectivity index (χ1) is 9.56. The normalized spacial score (nSPS) is 28.3. The van der Waals surface area contributed by atoms with Crippen LogP contribution in [0, 0.1) is 17.6 Å².